The summed E-state index contributed by atoms with van der Waals surface area (Å²) in [5.41, 5.74) is 2.24. The minimum atomic E-state index is -3.50. The lowest BCUT2D eigenvalue weighted by molar-refractivity contribution is 0.0601. The Morgan fingerprint density at radius 3 is 2.60 bits per heavy atom. The number of fused-ring (bicyclic) bond motifs is 1. The Bertz CT molecular complexity index is 1050. The van der Waals surface area contributed by atoms with Gasteiger partial charge in [-0.1, -0.05) is 13.8 Å². The van der Waals surface area contributed by atoms with E-state index < -0.39 is 10.0 Å². The molecule has 1 aliphatic carbocycles. The Morgan fingerprint density at radius 1 is 1.27 bits per heavy atom. The molecule has 3 rings (SSSR count). The van der Waals surface area contributed by atoms with Gasteiger partial charge < -0.3 is 15.4 Å². The zero-order chi connectivity index (χ0) is 21.9. The number of ether oxygens (including phenoxy) is 1. The van der Waals surface area contributed by atoms with Gasteiger partial charge in [0.05, 0.1) is 17.6 Å². The molecular weight excluding hydrogens is 442 g/mol. The van der Waals surface area contributed by atoms with Crippen molar-refractivity contribution in [1.29, 1.82) is 0 Å². The Morgan fingerprint density at radius 2 is 1.97 bits per heavy atom. The van der Waals surface area contributed by atoms with Crippen LogP contribution in [-0.4, -0.2) is 33.2 Å². The summed E-state index contributed by atoms with van der Waals surface area (Å²) in [4.78, 5) is 13.8. The molecule has 0 fully saturated rings. The number of carbonyl (C=O) groups excluding carboxylic acids is 1. The molecule has 0 bridgehead atoms. The maximum Gasteiger partial charge on any atom is 0.341 e. The predicted octanol–water partition coefficient (Wildman–Crippen LogP) is 3.77. The Labute approximate surface area is 186 Å². The first-order valence-electron chi connectivity index (χ1n) is 9.65. The number of sulfonamides is 1. The molecule has 0 aliphatic heterocycles. The van der Waals surface area contributed by atoms with Crippen LogP contribution in [0.4, 0.5) is 10.7 Å². The highest BCUT2D eigenvalue weighted by atomic mass is 32.2. The Kier molecular flexibility index (Phi) is 7.12. The van der Waals surface area contributed by atoms with Crippen LogP contribution in [0.5, 0.6) is 0 Å². The van der Waals surface area contributed by atoms with Crippen LogP contribution in [0, 0.1) is 5.92 Å². The van der Waals surface area contributed by atoms with Crippen molar-refractivity contribution >= 4 is 55.3 Å². The van der Waals surface area contributed by atoms with Crippen LogP contribution >= 0.6 is 23.6 Å². The van der Waals surface area contributed by atoms with Crippen molar-refractivity contribution in [2.75, 3.05) is 24.3 Å². The van der Waals surface area contributed by atoms with E-state index in [-0.39, 0.29) is 10.9 Å². The average molecular weight is 468 g/mol. The summed E-state index contributed by atoms with van der Waals surface area (Å²) < 4.78 is 31.5. The summed E-state index contributed by atoms with van der Waals surface area (Å²) in [6.45, 7) is 4.26. The van der Waals surface area contributed by atoms with Crippen LogP contribution in [-0.2, 0) is 27.6 Å². The quantitative estimate of drug-likeness (QED) is 0.440. The van der Waals surface area contributed by atoms with E-state index >= 15 is 0 Å². The van der Waals surface area contributed by atoms with E-state index in [9.17, 15) is 13.2 Å². The summed E-state index contributed by atoms with van der Waals surface area (Å²) in [5, 5.41) is 7.14. The monoisotopic (exact) mass is 467 g/mol. The highest BCUT2D eigenvalue weighted by Gasteiger charge is 2.28. The topological polar surface area (TPSA) is 96.5 Å². The molecule has 0 saturated heterocycles. The first-order chi connectivity index (χ1) is 14.2. The molecule has 0 spiro atoms. The number of hydrogen-bond donors (Lipinski definition) is 3. The van der Waals surface area contributed by atoms with Gasteiger partial charge in [-0.15, -0.1) is 11.3 Å². The zero-order valence-electron chi connectivity index (χ0n) is 17.1. The number of benzene rings is 1. The van der Waals surface area contributed by atoms with Gasteiger partial charge in [-0.3, -0.25) is 0 Å². The number of thiophene rings is 1. The molecule has 30 heavy (non-hydrogen) atoms. The zero-order valence-corrected chi connectivity index (χ0v) is 19.5. The summed E-state index contributed by atoms with van der Waals surface area (Å²) in [6.07, 6.45) is 2.83. The lowest BCUT2D eigenvalue weighted by Crippen LogP contribution is -2.23. The maximum atomic E-state index is 12.4. The second-order valence-corrected chi connectivity index (χ2v) is 10.4. The highest BCUT2D eigenvalue weighted by molar-refractivity contribution is 7.89. The van der Waals surface area contributed by atoms with Gasteiger partial charge in [0.1, 0.15) is 5.00 Å². The number of thiocarbonyl (C=S) groups is 1. The molecule has 1 aromatic heterocycles. The minimum Gasteiger partial charge on any atom is -0.465 e. The fourth-order valence-corrected chi connectivity index (χ4v) is 6.14. The molecule has 7 nitrogen and oxygen atoms in total. The van der Waals surface area contributed by atoms with Gasteiger partial charge in [0.2, 0.25) is 10.0 Å². The third-order valence-electron chi connectivity index (χ3n) is 4.89. The smallest absolute Gasteiger partial charge is 0.341 e. The van der Waals surface area contributed by atoms with Crippen LogP contribution in [0.3, 0.4) is 0 Å². The Hall–Kier alpha value is -2.01. The van der Waals surface area contributed by atoms with Crippen molar-refractivity contribution in [2.24, 2.45) is 5.92 Å². The third-order valence-corrected chi connectivity index (χ3v) is 7.82. The summed E-state index contributed by atoms with van der Waals surface area (Å²) in [7, 11) is -2.13. The predicted molar refractivity (Wildman–Crippen MR) is 124 cm³/mol. The molecule has 162 valence electrons. The molecule has 1 atom stereocenters. The molecule has 1 heterocycles. The molecule has 3 N–H and O–H groups in total. The molecule has 0 amide bonds. The van der Waals surface area contributed by atoms with E-state index in [1.165, 1.54) is 35.5 Å². The molecule has 10 heteroatoms. The molecule has 2 aromatic rings. The summed E-state index contributed by atoms with van der Waals surface area (Å²) >= 11 is 6.95. The van der Waals surface area contributed by atoms with Crippen molar-refractivity contribution in [1.82, 2.24) is 4.72 Å². The second-order valence-electron chi connectivity index (χ2n) is 7.15. The molecule has 1 aliphatic rings. The van der Waals surface area contributed by atoms with Gasteiger partial charge >= 0.3 is 5.97 Å². The first-order valence-corrected chi connectivity index (χ1v) is 12.4. The molecular formula is C20H25N3O4S3. The third kappa shape index (κ3) is 5.00. The van der Waals surface area contributed by atoms with E-state index in [0.29, 0.717) is 33.8 Å². The van der Waals surface area contributed by atoms with Gasteiger partial charge in [-0.05, 0) is 67.2 Å². The number of rotatable bonds is 6. The van der Waals surface area contributed by atoms with Crippen LogP contribution in [0.15, 0.2) is 29.2 Å². The molecule has 0 saturated carbocycles. The van der Waals surface area contributed by atoms with Crippen molar-refractivity contribution in [3.63, 3.8) is 0 Å². The fraction of sp³-hybridized carbons (Fsp3) is 0.400. The van der Waals surface area contributed by atoms with Crippen molar-refractivity contribution in [2.45, 2.75) is 38.0 Å². The van der Waals surface area contributed by atoms with Crippen LogP contribution < -0.4 is 15.4 Å². The summed E-state index contributed by atoms with van der Waals surface area (Å²) in [6, 6.07) is 6.29. The van der Waals surface area contributed by atoms with E-state index in [1.807, 2.05) is 0 Å². The first kappa shape index (κ1) is 22.7. The van der Waals surface area contributed by atoms with Gasteiger partial charge in [-0.2, -0.15) is 0 Å². The number of hydrogen-bond acceptors (Lipinski definition) is 6. The fourth-order valence-electron chi connectivity index (χ4n) is 3.41. The number of esters is 1. The lowest BCUT2D eigenvalue weighted by atomic mass is 9.88. The minimum absolute atomic E-state index is 0.182. The SMILES string of the molecule is CCNS(=O)(=O)c1ccc(NC(=S)Nc2sc3c(c2C(=O)OC)CCC(C)C3)cc1. The summed E-state index contributed by atoms with van der Waals surface area (Å²) in [5.74, 6) is 0.210. The van der Waals surface area contributed by atoms with Crippen LogP contribution in [0.25, 0.3) is 0 Å². The van der Waals surface area contributed by atoms with Crippen LogP contribution in [0.1, 0.15) is 41.1 Å². The lowest BCUT2D eigenvalue weighted by Gasteiger charge is -2.18. The average Bonchev–Trinajstić information content (AvgIpc) is 3.04. The Balaban J connectivity index is 1.76. The number of nitrogens with one attached hydrogen (secondary N) is 3. The normalized spacial score (nSPS) is 15.9. The van der Waals surface area contributed by atoms with E-state index in [0.717, 1.165) is 24.8 Å². The van der Waals surface area contributed by atoms with Gasteiger partial charge in [0, 0.05) is 17.1 Å². The molecule has 0 radical (unpaired) electrons. The van der Waals surface area contributed by atoms with Gasteiger partial charge in [0.15, 0.2) is 5.11 Å². The molecule has 1 unspecified atom stereocenters. The van der Waals surface area contributed by atoms with Gasteiger partial charge in [0.25, 0.3) is 0 Å². The second kappa shape index (κ2) is 9.42. The number of carbonyl (C=O) groups is 1. The van der Waals surface area contributed by atoms with E-state index in [4.69, 9.17) is 17.0 Å². The van der Waals surface area contributed by atoms with E-state index in [2.05, 4.69) is 22.3 Å². The largest absolute Gasteiger partial charge is 0.465 e. The maximum absolute atomic E-state index is 12.4. The molecule has 1 aromatic carbocycles. The van der Waals surface area contributed by atoms with Crippen molar-refractivity contribution in [3.05, 3.63) is 40.3 Å². The number of methoxy groups -OCH3 is 1. The standard InChI is InChI=1S/C20H25N3O4S3/c1-4-21-30(25,26)14-8-6-13(7-9-14)22-20(28)23-18-17(19(24)27-3)15-10-5-12(2)11-16(15)29-18/h6-9,12,21H,4-5,10-11H2,1-3H3,(H2,22,23,28). The van der Waals surface area contributed by atoms with Crippen molar-refractivity contribution < 1.29 is 17.9 Å². The highest BCUT2D eigenvalue weighted by Crippen LogP contribution is 2.40. The van der Waals surface area contributed by atoms with Gasteiger partial charge in [-0.25, -0.2) is 17.9 Å². The van der Waals surface area contributed by atoms with Crippen molar-refractivity contribution in [3.8, 4) is 0 Å². The number of anilines is 2. The van der Waals surface area contributed by atoms with E-state index in [1.54, 1.807) is 19.1 Å². The van der Waals surface area contributed by atoms with Crippen LogP contribution in [0.2, 0.25) is 0 Å².